The first-order valence-electron chi connectivity index (χ1n) is 9.48. The number of carbonyl (C=O) groups excluding carboxylic acids is 1. The molecule has 0 saturated carbocycles. The molecule has 31 heavy (non-hydrogen) atoms. The summed E-state index contributed by atoms with van der Waals surface area (Å²) in [5.41, 5.74) is 1.66. The minimum Gasteiger partial charge on any atom is -0.492 e. The van der Waals surface area contributed by atoms with Crippen molar-refractivity contribution in [2.24, 2.45) is 7.05 Å². The Balaban J connectivity index is 1.46. The third-order valence-electron chi connectivity index (χ3n) is 4.43. The van der Waals surface area contributed by atoms with Gasteiger partial charge in [-0.2, -0.15) is 0 Å². The van der Waals surface area contributed by atoms with Crippen LogP contribution in [0.1, 0.15) is 17.8 Å². The van der Waals surface area contributed by atoms with Crippen molar-refractivity contribution >= 4 is 58.2 Å². The Morgan fingerprint density at radius 1 is 1.13 bits per heavy atom. The second-order valence-corrected chi connectivity index (χ2v) is 9.00. The normalized spacial score (nSPS) is 10.9. The maximum Gasteiger partial charge on any atom is 0.234 e. The number of anilines is 1. The standard InChI is InChI=1S/C21H21Cl3N4O2S/c1-13-5-6-15(23)11-17(13)25-20(29)12-31-21-27-26-19(28(21)2)4-3-9-30-18-8-7-14(22)10-16(18)24/h5-8,10-11H,3-4,9,12H2,1-2H3,(H,25,29). The Bertz CT molecular complexity index is 1070. The first kappa shape index (κ1) is 23.7. The van der Waals surface area contributed by atoms with Crippen molar-refractivity contribution < 1.29 is 9.53 Å². The SMILES string of the molecule is Cc1ccc(Cl)cc1NC(=O)CSc1nnc(CCCOc2ccc(Cl)cc2Cl)n1C. The van der Waals surface area contributed by atoms with E-state index in [0.29, 0.717) is 44.7 Å². The maximum absolute atomic E-state index is 12.3. The second-order valence-electron chi connectivity index (χ2n) is 6.78. The lowest BCUT2D eigenvalue weighted by Crippen LogP contribution is -2.15. The van der Waals surface area contributed by atoms with Crippen LogP contribution >= 0.6 is 46.6 Å². The first-order chi connectivity index (χ1) is 14.8. The van der Waals surface area contributed by atoms with Gasteiger partial charge in [-0.15, -0.1) is 10.2 Å². The summed E-state index contributed by atoms with van der Waals surface area (Å²) in [6.07, 6.45) is 1.42. The molecule has 10 heteroatoms. The van der Waals surface area contributed by atoms with E-state index < -0.39 is 0 Å². The molecule has 1 amide bonds. The van der Waals surface area contributed by atoms with Gasteiger partial charge in [-0.25, -0.2) is 0 Å². The van der Waals surface area contributed by atoms with Crippen molar-refractivity contribution in [3.05, 3.63) is 62.9 Å². The van der Waals surface area contributed by atoms with Gasteiger partial charge in [-0.1, -0.05) is 52.6 Å². The van der Waals surface area contributed by atoms with E-state index in [1.54, 1.807) is 30.3 Å². The highest BCUT2D eigenvalue weighted by Gasteiger charge is 2.12. The van der Waals surface area contributed by atoms with Gasteiger partial charge in [0.25, 0.3) is 0 Å². The summed E-state index contributed by atoms with van der Waals surface area (Å²) in [4.78, 5) is 12.3. The van der Waals surface area contributed by atoms with E-state index in [2.05, 4.69) is 15.5 Å². The Hall–Kier alpha value is -1.93. The zero-order valence-corrected chi connectivity index (χ0v) is 20.1. The summed E-state index contributed by atoms with van der Waals surface area (Å²) in [5.74, 6) is 1.50. The lowest BCUT2D eigenvalue weighted by atomic mass is 10.2. The van der Waals surface area contributed by atoms with Crippen LogP contribution in [0, 0.1) is 6.92 Å². The van der Waals surface area contributed by atoms with Gasteiger partial charge in [0.05, 0.1) is 17.4 Å². The van der Waals surface area contributed by atoms with Crippen LogP contribution in [0.4, 0.5) is 5.69 Å². The lowest BCUT2D eigenvalue weighted by molar-refractivity contribution is -0.113. The van der Waals surface area contributed by atoms with E-state index in [1.165, 1.54) is 11.8 Å². The molecule has 1 N–H and O–H groups in total. The molecule has 6 nitrogen and oxygen atoms in total. The highest BCUT2D eigenvalue weighted by atomic mass is 35.5. The minimum absolute atomic E-state index is 0.131. The summed E-state index contributed by atoms with van der Waals surface area (Å²) in [5, 5.41) is 13.6. The predicted octanol–water partition coefficient (Wildman–Crippen LogP) is 5.83. The summed E-state index contributed by atoms with van der Waals surface area (Å²) in [6, 6.07) is 10.5. The highest BCUT2D eigenvalue weighted by molar-refractivity contribution is 7.99. The number of aromatic nitrogens is 3. The van der Waals surface area contributed by atoms with Crippen LogP contribution in [0.2, 0.25) is 15.1 Å². The van der Waals surface area contributed by atoms with Crippen molar-refractivity contribution in [3.8, 4) is 5.75 Å². The molecule has 3 rings (SSSR count). The third-order valence-corrected chi connectivity index (χ3v) is 6.21. The molecule has 0 fully saturated rings. The number of thioether (sulfide) groups is 1. The number of nitrogens with zero attached hydrogens (tertiary/aromatic N) is 3. The average Bonchev–Trinajstić information content (AvgIpc) is 3.07. The second kappa shape index (κ2) is 11.1. The Labute approximate surface area is 200 Å². The molecule has 164 valence electrons. The van der Waals surface area contributed by atoms with Gasteiger partial charge in [0, 0.05) is 29.2 Å². The molecule has 0 bridgehead atoms. The summed E-state index contributed by atoms with van der Waals surface area (Å²) in [6.45, 7) is 2.40. The van der Waals surface area contributed by atoms with Crippen LogP contribution in [-0.2, 0) is 18.3 Å². The first-order valence-corrected chi connectivity index (χ1v) is 11.6. The van der Waals surface area contributed by atoms with Crippen molar-refractivity contribution in [2.75, 3.05) is 17.7 Å². The van der Waals surface area contributed by atoms with E-state index in [9.17, 15) is 4.79 Å². The van der Waals surface area contributed by atoms with Crippen LogP contribution in [0.5, 0.6) is 5.75 Å². The monoisotopic (exact) mass is 498 g/mol. The van der Waals surface area contributed by atoms with E-state index in [1.807, 2.05) is 24.6 Å². The van der Waals surface area contributed by atoms with Crippen molar-refractivity contribution in [1.82, 2.24) is 14.8 Å². The number of benzene rings is 2. The molecule has 0 radical (unpaired) electrons. The smallest absolute Gasteiger partial charge is 0.234 e. The molecule has 0 atom stereocenters. The minimum atomic E-state index is -0.131. The molecule has 1 heterocycles. The molecular weight excluding hydrogens is 479 g/mol. The number of hydrogen-bond donors (Lipinski definition) is 1. The molecule has 0 spiro atoms. The van der Waals surface area contributed by atoms with Gasteiger partial charge < -0.3 is 14.6 Å². The summed E-state index contributed by atoms with van der Waals surface area (Å²) < 4.78 is 7.58. The number of hydrogen-bond acceptors (Lipinski definition) is 5. The van der Waals surface area contributed by atoms with E-state index >= 15 is 0 Å². The van der Waals surface area contributed by atoms with Crippen LogP contribution in [0.15, 0.2) is 41.6 Å². The van der Waals surface area contributed by atoms with E-state index in [-0.39, 0.29) is 11.7 Å². The molecule has 2 aromatic carbocycles. The zero-order chi connectivity index (χ0) is 22.4. The van der Waals surface area contributed by atoms with Gasteiger partial charge in [0.2, 0.25) is 5.91 Å². The number of amides is 1. The quantitative estimate of drug-likeness (QED) is 0.296. The number of nitrogens with one attached hydrogen (secondary N) is 1. The third kappa shape index (κ3) is 6.77. The van der Waals surface area contributed by atoms with Gasteiger partial charge in [-0.05, 0) is 49.2 Å². The Morgan fingerprint density at radius 2 is 1.87 bits per heavy atom. The number of carbonyl (C=O) groups is 1. The molecule has 0 aliphatic heterocycles. The van der Waals surface area contributed by atoms with Crippen molar-refractivity contribution in [3.63, 3.8) is 0 Å². The van der Waals surface area contributed by atoms with Gasteiger partial charge in [0.15, 0.2) is 5.16 Å². The fourth-order valence-electron chi connectivity index (χ4n) is 2.74. The molecule has 3 aromatic rings. The zero-order valence-electron chi connectivity index (χ0n) is 17.0. The Kier molecular flexibility index (Phi) is 8.49. The van der Waals surface area contributed by atoms with Crippen molar-refractivity contribution in [1.29, 1.82) is 0 Å². The molecular formula is C21H21Cl3N4O2S. The highest BCUT2D eigenvalue weighted by Crippen LogP contribution is 2.27. The van der Waals surface area contributed by atoms with Gasteiger partial charge >= 0.3 is 0 Å². The van der Waals surface area contributed by atoms with Crippen molar-refractivity contribution in [2.45, 2.75) is 24.9 Å². The molecule has 0 unspecified atom stereocenters. The fraction of sp³-hybridized carbons (Fsp3) is 0.286. The topological polar surface area (TPSA) is 69.0 Å². The summed E-state index contributed by atoms with van der Waals surface area (Å²) in [7, 11) is 1.88. The van der Waals surface area contributed by atoms with Crippen LogP contribution in [-0.4, -0.2) is 33.0 Å². The number of aryl methyl sites for hydroxylation is 2. The van der Waals surface area contributed by atoms with E-state index in [0.717, 1.165) is 17.8 Å². The van der Waals surface area contributed by atoms with Crippen LogP contribution < -0.4 is 10.1 Å². The molecule has 0 aliphatic carbocycles. The largest absolute Gasteiger partial charge is 0.492 e. The maximum atomic E-state index is 12.3. The fourth-order valence-corrected chi connectivity index (χ4v) is 4.10. The van der Waals surface area contributed by atoms with Gasteiger partial charge in [0.1, 0.15) is 11.6 Å². The molecule has 1 aromatic heterocycles. The number of halogens is 3. The van der Waals surface area contributed by atoms with E-state index in [4.69, 9.17) is 39.5 Å². The number of ether oxygens (including phenoxy) is 1. The van der Waals surface area contributed by atoms with Crippen LogP contribution in [0.25, 0.3) is 0 Å². The molecule has 0 aliphatic rings. The van der Waals surface area contributed by atoms with Gasteiger partial charge in [-0.3, -0.25) is 4.79 Å². The summed E-state index contributed by atoms with van der Waals surface area (Å²) >= 11 is 19.3. The van der Waals surface area contributed by atoms with Crippen LogP contribution in [0.3, 0.4) is 0 Å². The lowest BCUT2D eigenvalue weighted by Gasteiger charge is -2.09. The number of rotatable bonds is 9. The Morgan fingerprint density at radius 3 is 2.65 bits per heavy atom. The molecule has 0 saturated heterocycles. The average molecular weight is 500 g/mol. The predicted molar refractivity (Wildman–Crippen MR) is 127 cm³/mol.